The third kappa shape index (κ3) is 5.05. The number of benzene rings is 3. The van der Waals surface area contributed by atoms with Crippen molar-refractivity contribution in [2.24, 2.45) is 0 Å². The standard InChI is InChI=1S/C31H32N2O4/c1-18-10-11-19(2)25(16-18)28(35)26-27(21-12-14-22(15-13-21)31(4,5)6)33(30(37)29(26)36)24-9-7-8-23(17-24)32-20(3)34/h7-17,27,35H,1-6H3,(H,32,34)/b28-26+. The van der Waals surface area contributed by atoms with Crippen molar-refractivity contribution in [2.45, 2.75) is 53.0 Å². The Labute approximate surface area is 217 Å². The molecule has 1 atom stereocenters. The summed E-state index contributed by atoms with van der Waals surface area (Å²) in [6, 6.07) is 19.3. The molecule has 1 heterocycles. The van der Waals surface area contributed by atoms with Crippen molar-refractivity contribution < 1.29 is 19.5 Å². The van der Waals surface area contributed by atoms with Gasteiger partial charge in [-0.25, -0.2) is 0 Å². The molecule has 1 saturated heterocycles. The maximum Gasteiger partial charge on any atom is 0.300 e. The van der Waals surface area contributed by atoms with Crippen LogP contribution in [0.4, 0.5) is 11.4 Å². The Morgan fingerprint density at radius 3 is 2.24 bits per heavy atom. The molecule has 1 unspecified atom stereocenters. The number of nitrogens with one attached hydrogen (secondary N) is 1. The molecule has 2 N–H and O–H groups in total. The lowest BCUT2D eigenvalue weighted by molar-refractivity contribution is -0.132. The number of rotatable bonds is 4. The number of Topliss-reactive ketones (excluding diaryl/α,β-unsaturated/α-hetero) is 1. The summed E-state index contributed by atoms with van der Waals surface area (Å²) in [4.78, 5) is 40.0. The molecule has 3 aromatic rings. The zero-order valence-corrected chi connectivity index (χ0v) is 22.0. The van der Waals surface area contributed by atoms with Crippen LogP contribution < -0.4 is 10.2 Å². The Hall–Kier alpha value is -4.19. The molecule has 0 spiro atoms. The van der Waals surface area contributed by atoms with Crippen LogP contribution in [0.3, 0.4) is 0 Å². The van der Waals surface area contributed by atoms with Crippen molar-refractivity contribution in [3.63, 3.8) is 0 Å². The molecule has 2 amide bonds. The molecule has 3 aromatic carbocycles. The molecule has 1 aliphatic heterocycles. The van der Waals surface area contributed by atoms with E-state index in [4.69, 9.17) is 0 Å². The monoisotopic (exact) mass is 496 g/mol. The minimum absolute atomic E-state index is 0.0344. The van der Waals surface area contributed by atoms with Gasteiger partial charge >= 0.3 is 0 Å². The van der Waals surface area contributed by atoms with Gasteiger partial charge in [-0.15, -0.1) is 0 Å². The summed E-state index contributed by atoms with van der Waals surface area (Å²) in [7, 11) is 0. The third-order valence-corrected chi connectivity index (χ3v) is 6.63. The molecular weight excluding hydrogens is 464 g/mol. The molecule has 37 heavy (non-hydrogen) atoms. The minimum atomic E-state index is -0.846. The number of hydrogen-bond acceptors (Lipinski definition) is 4. The summed E-state index contributed by atoms with van der Waals surface area (Å²) in [6.45, 7) is 11.5. The molecule has 6 nitrogen and oxygen atoms in total. The molecule has 1 aliphatic rings. The van der Waals surface area contributed by atoms with E-state index in [1.165, 1.54) is 11.8 Å². The zero-order chi connectivity index (χ0) is 27.1. The Morgan fingerprint density at radius 2 is 1.62 bits per heavy atom. The van der Waals surface area contributed by atoms with Gasteiger partial charge in [0.15, 0.2) is 0 Å². The van der Waals surface area contributed by atoms with Crippen LogP contribution in [-0.4, -0.2) is 22.7 Å². The lowest BCUT2D eigenvalue weighted by atomic mass is 9.85. The third-order valence-electron chi connectivity index (χ3n) is 6.63. The van der Waals surface area contributed by atoms with Gasteiger partial charge in [-0.1, -0.05) is 68.8 Å². The topological polar surface area (TPSA) is 86.7 Å². The maximum absolute atomic E-state index is 13.5. The highest BCUT2D eigenvalue weighted by Crippen LogP contribution is 2.43. The van der Waals surface area contributed by atoms with Crippen molar-refractivity contribution >= 4 is 34.7 Å². The van der Waals surface area contributed by atoms with Gasteiger partial charge in [0.05, 0.1) is 11.6 Å². The number of hydrogen-bond donors (Lipinski definition) is 2. The second-order valence-electron chi connectivity index (χ2n) is 10.6. The first-order valence-corrected chi connectivity index (χ1v) is 12.2. The van der Waals surface area contributed by atoms with Gasteiger partial charge in [-0.05, 0) is 60.2 Å². The van der Waals surface area contributed by atoms with Gasteiger partial charge in [0.1, 0.15) is 5.76 Å². The molecule has 0 bridgehead atoms. The van der Waals surface area contributed by atoms with E-state index in [1.807, 2.05) is 56.3 Å². The van der Waals surface area contributed by atoms with E-state index in [1.54, 1.807) is 24.3 Å². The highest BCUT2D eigenvalue weighted by atomic mass is 16.3. The molecule has 0 aliphatic carbocycles. The molecule has 0 saturated carbocycles. The smallest absolute Gasteiger partial charge is 0.300 e. The molecule has 4 rings (SSSR count). The predicted octanol–water partition coefficient (Wildman–Crippen LogP) is 6.19. The second-order valence-corrected chi connectivity index (χ2v) is 10.6. The number of carbonyl (C=O) groups excluding carboxylic acids is 3. The molecule has 1 fully saturated rings. The zero-order valence-electron chi connectivity index (χ0n) is 22.0. The van der Waals surface area contributed by atoms with E-state index in [2.05, 4.69) is 26.1 Å². The largest absolute Gasteiger partial charge is 0.507 e. The summed E-state index contributed by atoms with van der Waals surface area (Å²) < 4.78 is 0. The number of aliphatic hydroxyl groups is 1. The van der Waals surface area contributed by atoms with Gasteiger partial charge in [-0.2, -0.15) is 0 Å². The Morgan fingerprint density at radius 1 is 0.946 bits per heavy atom. The van der Waals surface area contributed by atoms with Gasteiger partial charge in [0.2, 0.25) is 5.91 Å². The van der Waals surface area contributed by atoms with Gasteiger partial charge in [0, 0.05) is 23.9 Å². The van der Waals surface area contributed by atoms with Crippen molar-refractivity contribution in [1.29, 1.82) is 0 Å². The van der Waals surface area contributed by atoms with Gasteiger partial charge < -0.3 is 10.4 Å². The number of carbonyl (C=O) groups is 3. The normalized spacial score (nSPS) is 17.2. The van der Waals surface area contributed by atoms with Crippen LogP contribution in [0, 0.1) is 13.8 Å². The van der Waals surface area contributed by atoms with Crippen LogP contribution in [0.5, 0.6) is 0 Å². The van der Waals surface area contributed by atoms with E-state index in [0.29, 0.717) is 22.5 Å². The van der Waals surface area contributed by atoms with Crippen LogP contribution in [0.25, 0.3) is 5.76 Å². The number of ketones is 1. The Bertz CT molecular complexity index is 1430. The SMILES string of the molecule is CC(=O)Nc1cccc(N2C(=O)C(=O)/C(=C(/O)c3cc(C)ccc3C)C2c2ccc(C(C)(C)C)cc2)c1. The van der Waals surface area contributed by atoms with Crippen LogP contribution in [-0.2, 0) is 19.8 Å². The first kappa shape index (κ1) is 25.9. The quantitative estimate of drug-likeness (QED) is 0.256. The molecule has 190 valence electrons. The van der Waals surface area contributed by atoms with Crippen LogP contribution in [0.15, 0.2) is 72.3 Å². The number of aliphatic hydroxyl groups excluding tert-OH is 1. The first-order chi connectivity index (χ1) is 17.4. The van der Waals surface area contributed by atoms with Gasteiger partial charge in [0.25, 0.3) is 11.7 Å². The fourth-order valence-electron chi connectivity index (χ4n) is 4.65. The average molecular weight is 497 g/mol. The fraction of sp³-hybridized carbons (Fsp3) is 0.258. The van der Waals surface area contributed by atoms with Crippen LogP contribution >= 0.6 is 0 Å². The average Bonchev–Trinajstić information content (AvgIpc) is 3.10. The predicted molar refractivity (Wildman–Crippen MR) is 147 cm³/mol. The summed E-state index contributed by atoms with van der Waals surface area (Å²) in [6.07, 6.45) is 0. The Balaban J connectivity index is 1.95. The van der Waals surface area contributed by atoms with E-state index < -0.39 is 17.7 Å². The molecule has 0 aromatic heterocycles. The fourth-order valence-corrected chi connectivity index (χ4v) is 4.65. The Kier molecular flexibility index (Phi) is 6.78. The highest BCUT2D eigenvalue weighted by molar-refractivity contribution is 6.51. The van der Waals surface area contributed by atoms with Crippen molar-refractivity contribution in [1.82, 2.24) is 0 Å². The number of anilines is 2. The number of amides is 2. The van der Waals surface area contributed by atoms with E-state index in [0.717, 1.165) is 16.7 Å². The maximum atomic E-state index is 13.5. The molecule has 6 heteroatoms. The molecular formula is C31H32N2O4. The summed E-state index contributed by atoms with van der Waals surface area (Å²) >= 11 is 0. The number of nitrogens with zero attached hydrogens (tertiary/aromatic N) is 1. The number of aryl methyl sites for hydroxylation is 2. The second kappa shape index (κ2) is 9.69. The summed E-state index contributed by atoms with van der Waals surface area (Å²) in [5.74, 6) is -1.95. The highest BCUT2D eigenvalue weighted by Gasteiger charge is 2.47. The lowest BCUT2D eigenvalue weighted by Crippen LogP contribution is -2.29. The minimum Gasteiger partial charge on any atom is -0.507 e. The molecule has 0 radical (unpaired) electrons. The van der Waals surface area contributed by atoms with Gasteiger partial charge in [-0.3, -0.25) is 19.3 Å². The summed E-state index contributed by atoms with van der Waals surface area (Å²) in [5.41, 5.74) is 4.94. The lowest BCUT2D eigenvalue weighted by Gasteiger charge is -2.27. The first-order valence-electron chi connectivity index (χ1n) is 12.2. The van der Waals surface area contributed by atoms with E-state index in [9.17, 15) is 19.5 Å². The van der Waals surface area contributed by atoms with E-state index in [-0.39, 0.29) is 22.7 Å². The van der Waals surface area contributed by atoms with Crippen molar-refractivity contribution in [3.05, 3.63) is 100 Å². The summed E-state index contributed by atoms with van der Waals surface area (Å²) in [5, 5.41) is 14.2. The van der Waals surface area contributed by atoms with Crippen molar-refractivity contribution in [2.75, 3.05) is 10.2 Å². The van der Waals surface area contributed by atoms with Crippen LogP contribution in [0.1, 0.15) is 61.6 Å². The van der Waals surface area contributed by atoms with Crippen molar-refractivity contribution in [3.8, 4) is 0 Å². The van der Waals surface area contributed by atoms with Crippen LogP contribution in [0.2, 0.25) is 0 Å². The van der Waals surface area contributed by atoms with E-state index >= 15 is 0 Å².